The number of hydrogen-bond acceptors (Lipinski definition) is 4. The van der Waals surface area contributed by atoms with Crippen molar-refractivity contribution >= 4 is 10.0 Å². The standard InChI is InChI=1S/C15H24N2O3S/c1-12-9-14(10-16)3-4-15(12)21(18,19)17-7-5-13(6-8-17)11-20-2/h3-4,9,13H,5-8,10-11,16H2,1-2H3. The van der Waals surface area contributed by atoms with Gasteiger partial charge in [-0.1, -0.05) is 12.1 Å². The van der Waals surface area contributed by atoms with E-state index >= 15 is 0 Å². The Bertz CT molecular complexity index is 579. The van der Waals surface area contributed by atoms with E-state index in [0.29, 0.717) is 37.1 Å². The number of piperidine rings is 1. The van der Waals surface area contributed by atoms with Gasteiger partial charge in [0.2, 0.25) is 10.0 Å². The fourth-order valence-corrected chi connectivity index (χ4v) is 4.49. The highest BCUT2D eigenvalue weighted by Gasteiger charge is 2.30. The first-order valence-corrected chi connectivity index (χ1v) is 8.71. The fourth-order valence-electron chi connectivity index (χ4n) is 2.82. The monoisotopic (exact) mass is 312 g/mol. The number of methoxy groups -OCH3 is 1. The zero-order chi connectivity index (χ0) is 15.5. The van der Waals surface area contributed by atoms with E-state index in [4.69, 9.17) is 10.5 Å². The van der Waals surface area contributed by atoms with Crippen molar-refractivity contribution in [3.63, 3.8) is 0 Å². The summed E-state index contributed by atoms with van der Waals surface area (Å²) < 4.78 is 32.2. The molecule has 1 aromatic carbocycles. The number of nitrogens with zero attached hydrogens (tertiary/aromatic N) is 1. The van der Waals surface area contributed by atoms with Crippen LogP contribution in [0.4, 0.5) is 0 Å². The maximum Gasteiger partial charge on any atom is 0.243 e. The van der Waals surface area contributed by atoms with Gasteiger partial charge in [0.15, 0.2) is 0 Å². The van der Waals surface area contributed by atoms with E-state index in [9.17, 15) is 8.42 Å². The van der Waals surface area contributed by atoms with Crippen molar-refractivity contribution < 1.29 is 13.2 Å². The van der Waals surface area contributed by atoms with Gasteiger partial charge in [-0.15, -0.1) is 0 Å². The van der Waals surface area contributed by atoms with Gasteiger partial charge in [-0.2, -0.15) is 4.31 Å². The van der Waals surface area contributed by atoms with Crippen LogP contribution in [-0.4, -0.2) is 39.5 Å². The third kappa shape index (κ3) is 3.63. The second-order valence-electron chi connectivity index (χ2n) is 5.61. The summed E-state index contributed by atoms with van der Waals surface area (Å²) in [4.78, 5) is 0.393. The molecule has 2 rings (SSSR count). The number of ether oxygens (including phenoxy) is 1. The van der Waals surface area contributed by atoms with Crippen LogP contribution in [0.1, 0.15) is 24.0 Å². The first kappa shape index (κ1) is 16.4. The maximum atomic E-state index is 12.7. The lowest BCUT2D eigenvalue weighted by Crippen LogP contribution is -2.39. The molecule has 21 heavy (non-hydrogen) atoms. The molecule has 0 amide bonds. The van der Waals surface area contributed by atoms with Crippen LogP contribution in [0.15, 0.2) is 23.1 Å². The predicted octanol–water partition coefficient (Wildman–Crippen LogP) is 1.50. The number of nitrogens with two attached hydrogens (primary N) is 1. The lowest BCUT2D eigenvalue weighted by molar-refractivity contribution is 0.121. The summed E-state index contributed by atoms with van der Waals surface area (Å²) in [5.41, 5.74) is 7.30. The first-order chi connectivity index (χ1) is 9.98. The molecule has 0 saturated carbocycles. The molecule has 0 spiro atoms. The Kier molecular flexibility index (Phi) is 5.37. The molecule has 1 heterocycles. The van der Waals surface area contributed by atoms with Crippen LogP contribution in [0.2, 0.25) is 0 Å². The minimum atomic E-state index is -3.40. The van der Waals surface area contributed by atoms with Crippen molar-refractivity contribution in [1.29, 1.82) is 0 Å². The molecule has 1 saturated heterocycles. The summed E-state index contributed by atoms with van der Waals surface area (Å²) in [5, 5.41) is 0. The van der Waals surface area contributed by atoms with Gasteiger partial charge in [-0.05, 0) is 42.9 Å². The van der Waals surface area contributed by atoms with E-state index in [2.05, 4.69) is 0 Å². The summed E-state index contributed by atoms with van der Waals surface area (Å²) >= 11 is 0. The van der Waals surface area contributed by atoms with Gasteiger partial charge in [-0.25, -0.2) is 8.42 Å². The normalized spacial score (nSPS) is 18.0. The van der Waals surface area contributed by atoms with Crippen molar-refractivity contribution in [2.45, 2.75) is 31.2 Å². The number of rotatable bonds is 5. The predicted molar refractivity (Wildman–Crippen MR) is 82.4 cm³/mol. The van der Waals surface area contributed by atoms with Gasteiger partial charge in [0.1, 0.15) is 0 Å². The molecule has 1 fully saturated rings. The van der Waals surface area contributed by atoms with Gasteiger partial charge in [0.05, 0.1) is 4.90 Å². The van der Waals surface area contributed by atoms with Crippen LogP contribution >= 0.6 is 0 Å². The molecule has 6 heteroatoms. The van der Waals surface area contributed by atoms with Gasteiger partial charge in [0, 0.05) is 33.4 Å². The summed E-state index contributed by atoms with van der Waals surface area (Å²) in [6.07, 6.45) is 1.71. The highest BCUT2D eigenvalue weighted by molar-refractivity contribution is 7.89. The number of aryl methyl sites for hydroxylation is 1. The molecule has 1 aliphatic heterocycles. The number of benzene rings is 1. The van der Waals surface area contributed by atoms with Crippen LogP contribution in [0.25, 0.3) is 0 Å². The van der Waals surface area contributed by atoms with E-state index in [1.165, 1.54) is 0 Å². The lowest BCUT2D eigenvalue weighted by Gasteiger charge is -2.31. The van der Waals surface area contributed by atoms with Gasteiger partial charge in [-0.3, -0.25) is 0 Å². The average molecular weight is 312 g/mol. The van der Waals surface area contributed by atoms with E-state index in [0.717, 1.165) is 24.0 Å². The summed E-state index contributed by atoms with van der Waals surface area (Å²) in [7, 11) is -1.72. The largest absolute Gasteiger partial charge is 0.384 e. The highest BCUT2D eigenvalue weighted by atomic mass is 32.2. The maximum absolute atomic E-state index is 12.7. The van der Waals surface area contributed by atoms with Crippen molar-refractivity contribution in [2.75, 3.05) is 26.8 Å². The molecule has 118 valence electrons. The Labute approximate surface area is 127 Å². The topological polar surface area (TPSA) is 72.6 Å². The molecular formula is C15H24N2O3S. The third-order valence-corrected chi connectivity index (χ3v) is 6.13. The van der Waals surface area contributed by atoms with Crippen LogP contribution in [0, 0.1) is 12.8 Å². The van der Waals surface area contributed by atoms with E-state index in [1.807, 2.05) is 13.0 Å². The summed E-state index contributed by atoms with van der Waals surface area (Å²) in [6, 6.07) is 5.32. The Morgan fingerprint density at radius 2 is 2.00 bits per heavy atom. The zero-order valence-electron chi connectivity index (χ0n) is 12.7. The Morgan fingerprint density at radius 3 is 2.52 bits per heavy atom. The van der Waals surface area contributed by atoms with Gasteiger partial charge < -0.3 is 10.5 Å². The van der Waals surface area contributed by atoms with Crippen LogP contribution in [0.3, 0.4) is 0 Å². The second kappa shape index (κ2) is 6.87. The van der Waals surface area contributed by atoms with Crippen LogP contribution in [-0.2, 0) is 21.3 Å². The Hall–Kier alpha value is -0.950. The van der Waals surface area contributed by atoms with Gasteiger partial charge >= 0.3 is 0 Å². The highest BCUT2D eigenvalue weighted by Crippen LogP contribution is 2.26. The van der Waals surface area contributed by atoms with E-state index < -0.39 is 10.0 Å². The molecule has 2 N–H and O–H groups in total. The minimum Gasteiger partial charge on any atom is -0.384 e. The first-order valence-electron chi connectivity index (χ1n) is 7.27. The van der Waals surface area contributed by atoms with Gasteiger partial charge in [0.25, 0.3) is 0 Å². The van der Waals surface area contributed by atoms with Crippen molar-refractivity contribution in [2.24, 2.45) is 11.7 Å². The van der Waals surface area contributed by atoms with Crippen LogP contribution < -0.4 is 5.73 Å². The van der Waals surface area contributed by atoms with Crippen molar-refractivity contribution in [3.8, 4) is 0 Å². The molecule has 0 atom stereocenters. The third-order valence-electron chi connectivity index (χ3n) is 4.07. The molecule has 0 bridgehead atoms. The summed E-state index contributed by atoms with van der Waals surface area (Å²) in [6.45, 7) is 4.08. The minimum absolute atomic E-state index is 0.393. The van der Waals surface area contributed by atoms with Crippen molar-refractivity contribution in [3.05, 3.63) is 29.3 Å². The Morgan fingerprint density at radius 1 is 1.33 bits per heavy atom. The average Bonchev–Trinajstić information content (AvgIpc) is 2.47. The fraction of sp³-hybridized carbons (Fsp3) is 0.600. The van der Waals surface area contributed by atoms with E-state index in [1.54, 1.807) is 23.5 Å². The smallest absolute Gasteiger partial charge is 0.243 e. The van der Waals surface area contributed by atoms with E-state index in [-0.39, 0.29) is 0 Å². The lowest BCUT2D eigenvalue weighted by atomic mass is 9.99. The molecule has 5 nitrogen and oxygen atoms in total. The molecule has 0 unspecified atom stereocenters. The molecule has 0 radical (unpaired) electrons. The molecule has 1 aromatic rings. The number of sulfonamides is 1. The molecule has 1 aliphatic rings. The molecular weight excluding hydrogens is 288 g/mol. The SMILES string of the molecule is COCC1CCN(S(=O)(=O)c2ccc(CN)cc2C)CC1. The van der Waals surface area contributed by atoms with Crippen molar-refractivity contribution in [1.82, 2.24) is 4.31 Å². The Balaban J connectivity index is 2.16. The number of hydrogen-bond donors (Lipinski definition) is 1. The summed E-state index contributed by atoms with van der Waals surface area (Å²) in [5.74, 6) is 0.460. The van der Waals surface area contributed by atoms with Crippen LogP contribution in [0.5, 0.6) is 0 Å². The molecule has 0 aromatic heterocycles. The molecule has 0 aliphatic carbocycles. The second-order valence-corrected chi connectivity index (χ2v) is 7.51. The zero-order valence-corrected chi connectivity index (χ0v) is 13.5. The quantitative estimate of drug-likeness (QED) is 0.894.